The van der Waals surface area contributed by atoms with E-state index in [0.29, 0.717) is 17.4 Å². The third kappa shape index (κ3) is 2.25. The van der Waals surface area contributed by atoms with Gasteiger partial charge in [-0.15, -0.1) is 0 Å². The summed E-state index contributed by atoms with van der Waals surface area (Å²) in [5.74, 6) is 0.711. The molecule has 1 fully saturated rings. The Kier molecular flexibility index (Phi) is 3.41. The van der Waals surface area contributed by atoms with Crippen LogP contribution in [0, 0.1) is 17.7 Å². The SMILES string of the molecule is CC1CN(c2ccc(F)cc2C(N)=NO)CC1C. The molecule has 1 aromatic rings. The minimum absolute atomic E-state index is 0.0586. The van der Waals surface area contributed by atoms with E-state index in [1.54, 1.807) is 6.07 Å². The number of anilines is 1. The lowest BCUT2D eigenvalue weighted by molar-refractivity contribution is 0.318. The molecule has 0 aromatic heterocycles. The summed E-state index contributed by atoms with van der Waals surface area (Å²) in [6, 6.07) is 4.39. The zero-order chi connectivity index (χ0) is 13.3. The van der Waals surface area contributed by atoms with Crippen LogP contribution >= 0.6 is 0 Å². The Hall–Kier alpha value is -1.78. The number of nitrogens with zero attached hydrogens (tertiary/aromatic N) is 2. The summed E-state index contributed by atoms with van der Waals surface area (Å²) in [7, 11) is 0. The summed E-state index contributed by atoms with van der Waals surface area (Å²) < 4.78 is 13.3. The van der Waals surface area contributed by atoms with Gasteiger partial charge in [0.05, 0.1) is 0 Å². The first-order valence-electron chi connectivity index (χ1n) is 6.05. The second kappa shape index (κ2) is 4.84. The molecule has 3 N–H and O–H groups in total. The van der Waals surface area contributed by atoms with Gasteiger partial charge in [0.1, 0.15) is 5.82 Å². The zero-order valence-corrected chi connectivity index (χ0v) is 10.6. The first kappa shape index (κ1) is 12.7. The van der Waals surface area contributed by atoms with Crippen LogP contribution in [0.25, 0.3) is 0 Å². The number of benzene rings is 1. The number of hydrogen-bond donors (Lipinski definition) is 2. The van der Waals surface area contributed by atoms with Crippen LogP contribution in [0.1, 0.15) is 19.4 Å². The molecular formula is C13H18FN3O. The highest BCUT2D eigenvalue weighted by atomic mass is 19.1. The molecule has 1 aliphatic rings. The van der Waals surface area contributed by atoms with Crippen molar-refractivity contribution >= 4 is 11.5 Å². The molecule has 0 aliphatic carbocycles. The smallest absolute Gasteiger partial charge is 0.172 e. The van der Waals surface area contributed by atoms with Crippen LogP contribution in [0.2, 0.25) is 0 Å². The van der Waals surface area contributed by atoms with Gasteiger partial charge < -0.3 is 15.8 Å². The standard InChI is InChI=1S/C13H18FN3O/c1-8-6-17(7-9(8)2)12-4-3-10(14)5-11(12)13(15)16-18/h3-5,8-9,18H,6-7H2,1-2H3,(H2,15,16). The van der Waals surface area contributed by atoms with E-state index < -0.39 is 0 Å². The molecule has 1 saturated heterocycles. The fourth-order valence-electron chi connectivity index (χ4n) is 2.37. The van der Waals surface area contributed by atoms with Crippen LogP contribution in [-0.2, 0) is 0 Å². The lowest BCUT2D eigenvalue weighted by Crippen LogP contribution is -2.24. The van der Waals surface area contributed by atoms with Crippen LogP contribution in [0.5, 0.6) is 0 Å². The van der Waals surface area contributed by atoms with Gasteiger partial charge in [-0.3, -0.25) is 0 Å². The average molecular weight is 251 g/mol. The minimum Gasteiger partial charge on any atom is -0.409 e. The molecule has 1 aromatic carbocycles. The number of rotatable bonds is 2. The Bertz CT molecular complexity index is 465. The molecule has 0 spiro atoms. The van der Waals surface area contributed by atoms with Crippen molar-refractivity contribution in [2.45, 2.75) is 13.8 Å². The summed E-state index contributed by atoms with van der Waals surface area (Å²) in [6.45, 7) is 6.19. The zero-order valence-electron chi connectivity index (χ0n) is 10.6. The quantitative estimate of drug-likeness (QED) is 0.366. The fraction of sp³-hybridized carbons (Fsp3) is 0.462. The number of nitrogens with two attached hydrogens (primary N) is 1. The maximum absolute atomic E-state index is 13.3. The van der Waals surface area contributed by atoms with Gasteiger partial charge in [0.15, 0.2) is 5.84 Å². The number of halogens is 1. The van der Waals surface area contributed by atoms with Gasteiger partial charge in [-0.1, -0.05) is 19.0 Å². The van der Waals surface area contributed by atoms with Crippen molar-refractivity contribution in [3.8, 4) is 0 Å². The van der Waals surface area contributed by atoms with Crippen molar-refractivity contribution in [3.63, 3.8) is 0 Å². The fourth-order valence-corrected chi connectivity index (χ4v) is 2.37. The monoisotopic (exact) mass is 251 g/mol. The lowest BCUT2D eigenvalue weighted by atomic mass is 10.0. The van der Waals surface area contributed by atoms with E-state index in [1.165, 1.54) is 12.1 Å². The third-order valence-electron chi connectivity index (χ3n) is 3.67. The summed E-state index contributed by atoms with van der Waals surface area (Å²) in [5, 5.41) is 11.7. The van der Waals surface area contributed by atoms with Gasteiger partial charge in [-0.2, -0.15) is 0 Å². The maximum atomic E-state index is 13.3. The molecule has 98 valence electrons. The van der Waals surface area contributed by atoms with E-state index >= 15 is 0 Å². The van der Waals surface area contributed by atoms with Gasteiger partial charge in [-0.05, 0) is 30.0 Å². The van der Waals surface area contributed by atoms with Crippen LogP contribution in [0.4, 0.5) is 10.1 Å². The largest absolute Gasteiger partial charge is 0.409 e. The molecular weight excluding hydrogens is 233 g/mol. The Balaban J connectivity index is 2.39. The molecule has 2 atom stereocenters. The minimum atomic E-state index is -0.388. The Morgan fingerprint density at radius 2 is 2.00 bits per heavy atom. The van der Waals surface area contributed by atoms with Crippen molar-refractivity contribution in [3.05, 3.63) is 29.6 Å². The summed E-state index contributed by atoms with van der Waals surface area (Å²) in [4.78, 5) is 2.15. The van der Waals surface area contributed by atoms with E-state index in [0.717, 1.165) is 18.8 Å². The first-order chi connectivity index (χ1) is 8.52. The molecule has 2 unspecified atom stereocenters. The van der Waals surface area contributed by atoms with Gasteiger partial charge in [0.25, 0.3) is 0 Å². The molecule has 4 nitrogen and oxygen atoms in total. The molecule has 0 amide bonds. The molecule has 1 heterocycles. The Labute approximate surface area is 106 Å². The highest BCUT2D eigenvalue weighted by molar-refractivity contribution is 6.02. The van der Waals surface area contributed by atoms with E-state index in [-0.39, 0.29) is 11.7 Å². The first-order valence-corrected chi connectivity index (χ1v) is 6.05. The van der Waals surface area contributed by atoms with E-state index in [2.05, 4.69) is 23.9 Å². The van der Waals surface area contributed by atoms with Gasteiger partial charge >= 0.3 is 0 Å². The highest BCUT2D eigenvalue weighted by Gasteiger charge is 2.28. The van der Waals surface area contributed by atoms with Gasteiger partial charge in [0.2, 0.25) is 0 Å². The normalized spacial score (nSPS) is 24.6. The van der Waals surface area contributed by atoms with Crippen LogP contribution in [0.3, 0.4) is 0 Å². The summed E-state index contributed by atoms with van der Waals surface area (Å²) in [6.07, 6.45) is 0. The Morgan fingerprint density at radius 1 is 1.39 bits per heavy atom. The van der Waals surface area contributed by atoms with E-state index in [4.69, 9.17) is 10.9 Å². The van der Waals surface area contributed by atoms with Crippen LogP contribution < -0.4 is 10.6 Å². The number of amidine groups is 1. The number of oxime groups is 1. The van der Waals surface area contributed by atoms with Crippen molar-refractivity contribution in [2.24, 2.45) is 22.7 Å². The van der Waals surface area contributed by atoms with E-state index in [1.807, 2.05) is 0 Å². The second-order valence-electron chi connectivity index (χ2n) is 5.01. The number of hydrogen-bond acceptors (Lipinski definition) is 3. The van der Waals surface area contributed by atoms with Gasteiger partial charge in [-0.25, -0.2) is 4.39 Å². The second-order valence-corrected chi connectivity index (χ2v) is 5.01. The highest BCUT2D eigenvalue weighted by Crippen LogP contribution is 2.30. The van der Waals surface area contributed by atoms with Gasteiger partial charge in [0, 0.05) is 24.3 Å². The lowest BCUT2D eigenvalue weighted by Gasteiger charge is -2.21. The molecule has 0 saturated carbocycles. The summed E-state index contributed by atoms with van der Waals surface area (Å²) in [5.41, 5.74) is 6.87. The van der Waals surface area contributed by atoms with Crippen LogP contribution in [0.15, 0.2) is 23.4 Å². The molecule has 5 heteroatoms. The molecule has 0 radical (unpaired) electrons. The molecule has 2 rings (SSSR count). The van der Waals surface area contributed by atoms with Crippen molar-refractivity contribution in [2.75, 3.05) is 18.0 Å². The Morgan fingerprint density at radius 3 is 2.56 bits per heavy atom. The summed E-state index contributed by atoms with van der Waals surface area (Å²) >= 11 is 0. The van der Waals surface area contributed by atoms with Crippen LogP contribution in [-0.4, -0.2) is 24.1 Å². The molecule has 18 heavy (non-hydrogen) atoms. The third-order valence-corrected chi connectivity index (χ3v) is 3.67. The predicted octanol–water partition coefficient (Wildman–Crippen LogP) is 2.01. The topological polar surface area (TPSA) is 61.8 Å². The van der Waals surface area contributed by atoms with E-state index in [9.17, 15) is 4.39 Å². The van der Waals surface area contributed by atoms with Crippen molar-refractivity contribution in [1.29, 1.82) is 0 Å². The predicted molar refractivity (Wildman–Crippen MR) is 69.5 cm³/mol. The molecule has 0 bridgehead atoms. The average Bonchev–Trinajstić information content (AvgIpc) is 2.68. The maximum Gasteiger partial charge on any atom is 0.172 e. The van der Waals surface area contributed by atoms with Crippen molar-refractivity contribution < 1.29 is 9.60 Å². The van der Waals surface area contributed by atoms with Crippen molar-refractivity contribution in [1.82, 2.24) is 0 Å². The molecule has 1 aliphatic heterocycles.